The third kappa shape index (κ3) is 3.15. The summed E-state index contributed by atoms with van der Waals surface area (Å²) in [7, 11) is 3.89. The van der Waals surface area contributed by atoms with E-state index in [4.69, 9.17) is 0 Å². The van der Waals surface area contributed by atoms with Crippen molar-refractivity contribution in [1.29, 1.82) is 0 Å². The minimum Gasteiger partial charge on any atom is -0.361 e. The Bertz CT molecular complexity index is 898. The number of nitrogens with zero attached hydrogens (tertiary/aromatic N) is 5. The molecule has 25 heavy (non-hydrogen) atoms. The zero-order valence-corrected chi connectivity index (χ0v) is 14.5. The Labute approximate surface area is 146 Å². The van der Waals surface area contributed by atoms with Crippen LogP contribution in [-0.2, 0) is 6.54 Å². The molecule has 1 fully saturated rings. The maximum atomic E-state index is 12.6. The fraction of sp³-hybridized carbons (Fsp3) is 0.389. The van der Waals surface area contributed by atoms with E-state index < -0.39 is 0 Å². The Hall–Kier alpha value is -2.67. The second kappa shape index (κ2) is 6.33. The van der Waals surface area contributed by atoms with Gasteiger partial charge in [0.1, 0.15) is 0 Å². The van der Waals surface area contributed by atoms with Crippen LogP contribution in [-0.4, -0.2) is 62.9 Å². The van der Waals surface area contributed by atoms with E-state index in [0.717, 1.165) is 30.6 Å². The van der Waals surface area contributed by atoms with Gasteiger partial charge in [0.2, 0.25) is 0 Å². The van der Waals surface area contributed by atoms with E-state index in [1.54, 1.807) is 18.1 Å². The lowest BCUT2D eigenvalue weighted by Gasteiger charge is -2.16. The first-order valence-corrected chi connectivity index (χ1v) is 8.52. The van der Waals surface area contributed by atoms with Gasteiger partial charge in [-0.3, -0.25) is 4.79 Å². The number of H-pyrrole nitrogens is 1. The molecule has 1 atom stereocenters. The topological polar surface area (TPSA) is 70.1 Å². The van der Waals surface area contributed by atoms with Gasteiger partial charge in [0, 0.05) is 31.9 Å². The molecule has 3 heterocycles. The summed E-state index contributed by atoms with van der Waals surface area (Å²) >= 11 is 0. The molecule has 0 spiro atoms. The Morgan fingerprint density at radius 2 is 2.28 bits per heavy atom. The lowest BCUT2D eigenvalue weighted by Crippen LogP contribution is -2.26. The van der Waals surface area contributed by atoms with Crippen LogP contribution in [0.1, 0.15) is 28.5 Å². The second-order valence-corrected chi connectivity index (χ2v) is 6.85. The lowest BCUT2D eigenvalue weighted by molar-refractivity contribution is 0.0779. The van der Waals surface area contributed by atoms with E-state index in [0.29, 0.717) is 18.3 Å². The summed E-state index contributed by atoms with van der Waals surface area (Å²) in [6, 6.07) is 8.52. The quantitative estimate of drug-likeness (QED) is 0.789. The van der Waals surface area contributed by atoms with Crippen molar-refractivity contribution in [1.82, 2.24) is 29.8 Å². The number of benzene rings is 1. The first-order valence-electron chi connectivity index (χ1n) is 8.52. The number of likely N-dealkylation sites (tertiary alicyclic amines) is 1. The molecular formula is C18H22N6O. The zero-order valence-electron chi connectivity index (χ0n) is 14.5. The van der Waals surface area contributed by atoms with E-state index in [1.165, 1.54) is 5.39 Å². The summed E-state index contributed by atoms with van der Waals surface area (Å²) in [6.07, 6.45) is 4.73. The molecular weight excluding hydrogens is 316 g/mol. The van der Waals surface area contributed by atoms with Crippen molar-refractivity contribution >= 4 is 16.8 Å². The molecule has 0 saturated carbocycles. The third-order valence-electron chi connectivity index (χ3n) is 4.86. The zero-order chi connectivity index (χ0) is 17.4. The highest BCUT2D eigenvalue weighted by molar-refractivity contribution is 5.91. The van der Waals surface area contributed by atoms with Crippen LogP contribution in [0.25, 0.3) is 10.9 Å². The summed E-state index contributed by atoms with van der Waals surface area (Å²) in [5.74, 6) is -0.107. The van der Waals surface area contributed by atoms with Gasteiger partial charge in [-0.25, -0.2) is 4.68 Å². The molecule has 4 rings (SSSR count). The number of aromatic nitrogens is 4. The third-order valence-corrected chi connectivity index (χ3v) is 4.86. The van der Waals surface area contributed by atoms with Gasteiger partial charge in [0.15, 0.2) is 5.69 Å². The summed E-state index contributed by atoms with van der Waals surface area (Å²) in [5, 5.41) is 9.42. The van der Waals surface area contributed by atoms with Gasteiger partial charge in [-0.15, -0.1) is 5.10 Å². The molecule has 1 amide bonds. The fourth-order valence-electron chi connectivity index (χ4n) is 3.42. The molecule has 2 aromatic heterocycles. The molecule has 7 heteroatoms. The van der Waals surface area contributed by atoms with Crippen LogP contribution in [0.4, 0.5) is 0 Å². The predicted molar refractivity (Wildman–Crippen MR) is 95.3 cm³/mol. The standard InChI is InChI=1S/C18H22N6O/c1-22-8-6-15(11-22)24-12-17(20-21-24)18(25)23(2)10-13-3-4-14-5-7-19-16(14)9-13/h3-5,7,9,12,15,19H,6,8,10-11H2,1-2H3. The number of hydrogen-bond acceptors (Lipinski definition) is 4. The highest BCUT2D eigenvalue weighted by atomic mass is 16.2. The summed E-state index contributed by atoms with van der Waals surface area (Å²) in [5.41, 5.74) is 2.56. The second-order valence-electron chi connectivity index (χ2n) is 6.85. The van der Waals surface area contributed by atoms with Crippen molar-refractivity contribution in [2.75, 3.05) is 27.2 Å². The molecule has 0 bridgehead atoms. The molecule has 1 saturated heterocycles. The molecule has 1 N–H and O–H groups in total. The van der Waals surface area contributed by atoms with Crippen LogP contribution >= 0.6 is 0 Å². The molecule has 1 aliphatic heterocycles. The average molecular weight is 338 g/mol. The van der Waals surface area contributed by atoms with E-state index >= 15 is 0 Å². The van der Waals surface area contributed by atoms with Crippen molar-refractivity contribution in [3.63, 3.8) is 0 Å². The predicted octanol–water partition coefficient (Wildman–Crippen LogP) is 1.91. The monoisotopic (exact) mass is 338 g/mol. The van der Waals surface area contributed by atoms with E-state index in [-0.39, 0.29) is 5.91 Å². The molecule has 1 unspecified atom stereocenters. The SMILES string of the molecule is CN1CCC(n2cc(C(=O)N(C)Cc3ccc4cc[nH]c4c3)nn2)C1. The minimum atomic E-state index is -0.107. The van der Waals surface area contributed by atoms with Gasteiger partial charge >= 0.3 is 0 Å². The first-order chi connectivity index (χ1) is 12.1. The molecule has 7 nitrogen and oxygen atoms in total. The van der Waals surface area contributed by atoms with E-state index in [9.17, 15) is 4.79 Å². The van der Waals surface area contributed by atoms with Gasteiger partial charge in [-0.1, -0.05) is 17.3 Å². The van der Waals surface area contributed by atoms with Gasteiger partial charge in [-0.05, 0) is 43.1 Å². The van der Waals surface area contributed by atoms with Gasteiger partial charge in [-0.2, -0.15) is 0 Å². The Morgan fingerprint density at radius 1 is 1.40 bits per heavy atom. The van der Waals surface area contributed by atoms with Gasteiger partial charge in [0.05, 0.1) is 12.2 Å². The van der Waals surface area contributed by atoms with Crippen LogP contribution in [0, 0.1) is 0 Å². The Kier molecular flexibility index (Phi) is 4.01. The Morgan fingerprint density at radius 3 is 3.08 bits per heavy atom. The number of rotatable bonds is 4. The molecule has 1 aromatic carbocycles. The van der Waals surface area contributed by atoms with Crippen LogP contribution in [0.5, 0.6) is 0 Å². The Balaban J connectivity index is 1.45. The van der Waals surface area contributed by atoms with Crippen molar-refractivity contribution in [2.24, 2.45) is 0 Å². The number of likely N-dealkylation sites (N-methyl/N-ethyl adjacent to an activating group) is 1. The van der Waals surface area contributed by atoms with E-state index in [1.807, 2.05) is 23.0 Å². The van der Waals surface area contributed by atoms with Crippen LogP contribution in [0.2, 0.25) is 0 Å². The highest BCUT2D eigenvalue weighted by Crippen LogP contribution is 2.20. The fourth-order valence-corrected chi connectivity index (χ4v) is 3.42. The minimum absolute atomic E-state index is 0.107. The molecule has 0 radical (unpaired) electrons. The summed E-state index contributed by atoms with van der Waals surface area (Å²) in [4.78, 5) is 19.8. The molecule has 3 aromatic rings. The largest absolute Gasteiger partial charge is 0.361 e. The van der Waals surface area contributed by atoms with Crippen molar-refractivity contribution in [2.45, 2.75) is 19.0 Å². The lowest BCUT2D eigenvalue weighted by atomic mass is 10.1. The van der Waals surface area contributed by atoms with Crippen LogP contribution in [0.15, 0.2) is 36.7 Å². The number of hydrogen-bond donors (Lipinski definition) is 1. The first kappa shape index (κ1) is 15.8. The van der Waals surface area contributed by atoms with Crippen molar-refractivity contribution < 1.29 is 4.79 Å². The maximum Gasteiger partial charge on any atom is 0.276 e. The normalized spacial score (nSPS) is 18.1. The molecule has 130 valence electrons. The maximum absolute atomic E-state index is 12.6. The number of nitrogens with one attached hydrogen (secondary N) is 1. The summed E-state index contributed by atoms with van der Waals surface area (Å²) < 4.78 is 1.83. The average Bonchev–Trinajstić information content (AvgIpc) is 3.33. The van der Waals surface area contributed by atoms with Crippen LogP contribution in [0.3, 0.4) is 0 Å². The van der Waals surface area contributed by atoms with Crippen molar-refractivity contribution in [3.8, 4) is 0 Å². The molecule has 1 aliphatic rings. The number of carbonyl (C=O) groups is 1. The molecule has 0 aliphatic carbocycles. The number of aromatic amines is 1. The van der Waals surface area contributed by atoms with Crippen LogP contribution < -0.4 is 0 Å². The smallest absolute Gasteiger partial charge is 0.276 e. The van der Waals surface area contributed by atoms with Gasteiger partial charge < -0.3 is 14.8 Å². The number of fused-ring (bicyclic) bond motifs is 1. The highest BCUT2D eigenvalue weighted by Gasteiger charge is 2.24. The summed E-state index contributed by atoms with van der Waals surface area (Å²) in [6.45, 7) is 2.53. The number of amides is 1. The van der Waals surface area contributed by atoms with Gasteiger partial charge in [0.25, 0.3) is 5.91 Å². The van der Waals surface area contributed by atoms with Crippen molar-refractivity contribution in [3.05, 3.63) is 47.9 Å². The van der Waals surface area contributed by atoms with E-state index in [2.05, 4.69) is 39.4 Å². The number of carbonyl (C=O) groups excluding carboxylic acids is 1.